The van der Waals surface area contributed by atoms with Gasteiger partial charge in [0.2, 0.25) is 0 Å². The van der Waals surface area contributed by atoms with Crippen molar-refractivity contribution in [3.05, 3.63) is 178 Å². The molecule has 1 saturated carbocycles. The molecule has 2 heterocycles. The number of anilines is 2. The minimum Gasteiger partial charge on any atom is -0.507 e. The Morgan fingerprint density at radius 1 is 0.791 bits per heavy atom. The number of carbonyl (C=O) groups excluding carboxylic acids is 3. The number of ether oxygens (including phenoxy) is 1. The third-order valence-corrected chi connectivity index (χ3v) is 12.9. The molecule has 2 aliphatic rings. The standard InChI is InChI=1S/C31H33NO4.C27H33N3O/c1-3-5-6-10-20-36-26-15-11-14-25(21-26)32-28(23-18-16-22(4-2)17-19-23)27(30(34)31(32)35)29(33)24-12-8-7-9-13-24;1-18(2)21-10-12-24(13-11-21)30-26(22-8-6-5-7-9-22)25(17-28-30)27(31)29-23-15-19(3)14-20(4)16-23/h7-9,11-19,21,28,33H,3-6,10,20H2,1-2H3;10-18,22H,5-9H2,1-4H3,(H,29,31). The number of nitrogens with zero attached hydrogens (tertiary/aromatic N) is 3. The number of Topliss-reactive ketones (excluding diaryl/α,β-unsaturated/α-hetero) is 1. The van der Waals surface area contributed by atoms with Crippen molar-refractivity contribution in [2.75, 3.05) is 16.8 Å². The van der Waals surface area contributed by atoms with E-state index in [2.05, 4.69) is 82.3 Å². The maximum atomic E-state index is 13.4. The molecule has 2 N–H and O–H groups in total. The molecule has 348 valence electrons. The lowest BCUT2D eigenvalue weighted by molar-refractivity contribution is -0.132. The molecule has 1 aliphatic heterocycles. The number of carbonyl (C=O) groups is 3. The van der Waals surface area contributed by atoms with Gasteiger partial charge in [-0.2, -0.15) is 5.10 Å². The molecule has 1 aliphatic carbocycles. The molecule has 8 rings (SSSR count). The predicted molar refractivity (Wildman–Crippen MR) is 270 cm³/mol. The van der Waals surface area contributed by atoms with Crippen molar-refractivity contribution in [2.45, 2.75) is 124 Å². The molecule has 1 aromatic heterocycles. The van der Waals surface area contributed by atoms with Gasteiger partial charge < -0.3 is 15.2 Å². The van der Waals surface area contributed by atoms with Crippen molar-refractivity contribution in [3.8, 4) is 11.4 Å². The van der Waals surface area contributed by atoms with Crippen molar-refractivity contribution in [3.63, 3.8) is 0 Å². The number of hydrogen-bond donors (Lipinski definition) is 2. The van der Waals surface area contributed by atoms with Crippen molar-refractivity contribution >= 4 is 34.7 Å². The van der Waals surface area contributed by atoms with Gasteiger partial charge in [0.15, 0.2) is 0 Å². The van der Waals surface area contributed by atoms with E-state index < -0.39 is 17.7 Å². The van der Waals surface area contributed by atoms with Crippen molar-refractivity contribution < 1.29 is 24.2 Å². The Morgan fingerprint density at radius 2 is 1.49 bits per heavy atom. The van der Waals surface area contributed by atoms with Crippen LogP contribution < -0.4 is 15.0 Å². The second-order valence-corrected chi connectivity index (χ2v) is 18.3. The van der Waals surface area contributed by atoms with Gasteiger partial charge in [-0.3, -0.25) is 19.3 Å². The van der Waals surface area contributed by atoms with E-state index in [9.17, 15) is 19.5 Å². The fourth-order valence-corrected chi connectivity index (χ4v) is 9.30. The zero-order valence-electron chi connectivity index (χ0n) is 40.1. The number of aliphatic hydroxyl groups excluding tert-OH is 1. The summed E-state index contributed by atoms with van der Waals surface area (Å²) in [6, 6.07) is 38.0. The third-order valence-electron chi connectivity index (χ3n) is 12.9. The number of ketones is 1. The number of rotatable bonds is 15. The van der Waals surface area contributed by atoms with Crippen LogP contribution in [0.1, 0.15) is 153 Å². The zero-order chi connectivity index (χ0) is 47.5. The number of aromatic nitrogens is 2. The number of nitrogens with one attached hydrogen (secondary N) is 1. The highest BCUT2D eigenvalue weighted by molar-refractivity contribution is 6.51. The summed E-state index contributed by atoms with van der Waals surface area (Å²) in [5.74, 6) is -0.123. The van der Waals surface area contributed by atoms with Gasteiger partial charge in [-0.05, 0) is 110 Å². The van der Waals surface area contributed by atoms with Gasteiger partial charge in [0.05, 0.1) is 41.4 Å². The van der Waals surface area contributed by atoms with Gasteiger partial charge in [0.25, 0.3) is 17.6 Å². The zero-order valence-corrected chi connectivity index (χ0v) is 40.1. The SMILES string of the molecule is CCCCCCOc1cccc(N2C(=O)C(=O)C(=C(O)c3ccccc3)C2c2ccc(CC)cc2)c1.Cc1cc(C)cc(NC(=O)c2cnn(-c3ccc(C(C)C)cc3)c2C2CCCCC2)c1. The van der Waals surface area contributed by atoms with E-state index in [-0.39, 0.29) is 17.2 Å². The number of benzene rings is 5. The average Bonchev–Trinajstić information content (AvgIpc) is 3.90. The van der Waals surface area contributed by atoms with Gasteiger partial charge in [-0.25, -0.2) is 4.68 Å². The van der Waals surface area contributed by atoms with Crippen LogP contribution in [0.5, 0.6) is 5.75 Å². The highest BCUT2D eigenvalue weighted by Gasteiger charge is 2.47. The summed E-state index contributed by atoms with van der Waals surface area (Å²) in [6.45, 7) is 13.3. The molecule has 0 radical (unpaired) electrons. The first-order valence-electron chi connectivity index (χ1n) is 24.2. The minimum absolute atomic E-state index is 0.0735. The van der Waals surface area contributed by atoms with Gasteiger partial charge in [0.1, 0.15) is 11.5 Å². The van der Waals surface area contributed by atoms with E-state index in [4.69, 9.17) is 4.74 Å². The highest BCUT2D eigenvalue weighted by Crippen LogP contribution is 2.43. The van der Waals surface area contributed by atoms with Gasteiger partial charge in [-0.15, -0.1) is 0 Å². The molecule has 1 saturated heterocycles. The van der Waals surface area contributed by atoms with Crippen LogP contribution in [0.25, 0.3) is 11.4 Å². The molecule has 6 aromatic rings. The van der Waals surface area contributed by atoms with E-state index in [1.165, 1.54) is 36.1 Å². The third kappa shape index (κ3) is 11.6. The number of amides is 2. The molecule has 0 bridgehead atoms. The van der Waals surface area contributed by atoms with Crippen LogP contribution in [0.15, 0.2) is 133 Å². The van der Waals surface area contributed by atoms with Crippen LogP contribution in [-0.4, -0.2) is 39.1 Å². The van der Waals surface area contributed by atoms with Crippen LogP contribution >= 0.6 is 0 Å². The smallest absolute Gasteiger partial charge is 0.300 e. The summed E-state index contributed by atoms with van der Waals surface area (Å²) in [7, 11) is 0. The summed E-state index contributed by atoms with van der Waals surface area (Å²) < 4.78 is 7.94. The number of unbranched alkanes of at least 4 members (excludes halogenated alkanes) is 3. The Balaban J connectivity index is 0.000000201. The van der Waals surface area contributed by atoms with Crippen molar-refractivity contribution in [1.82, 2.24) is 9.78 Å². The largest absolute Gasteiger partial charge is 0.507 e. The lowest BCUT2D eigenvalue weighted by Gasteiger charge is -2.26. The second-order valence-electron chi connectivity index (χ2n) is 18.3. The summed E-state index contributed by atoms with van der Waals surface area (Å²) >= 11 is 0. The van der Waals surface area contributed by atoms with E-state index in [0.29, 0.717) is 41.0 Å². The molecule has 5 aromatic carbocycles. The molecule has 9 nitrogen and oxygen atoms in total. The Kier molecular flexibility index (Phi) is 16.3. The van der Waals surface area contributed by atoms with Crippen LogP contribution in [0.3, 0.4) is 0 Å². The lowest BCUT2D eigenvalue weighted by Crippen LogP contribution is -2.29. The number of aliphatic hydroxyl groups is 1. The second kappa shape index (κ2) is 22.6. The Morgan fingerprint density at radius 3 is 2.15 bits per heavy atom. The van der Waals surface area contributed by atoms with Gasteiger partial charge in [0, 0.05) is 28.9 Å². The summed E-state index contributed by atoms with van der Waals surface area (Å²) in [5, 5.41) is 19.0. The summed E-state index contributed by atoms with van der Waals surface area (Å²) in [5.41, 5.74) is 10.2. The van der Waals surface area contributed by atoms with E-state index >= 15 is 0 Å². The molecule has 2 fully saturated rings. The predicted octanol–water partition coefficient (Wildman–Crippen LogP) is 13.7. The highest BCUT2D eigenvalue weighted by atomic mass is 16.5. The Hall–Kier alpha value is -6.74. The van der Waals surface area contributed by atoms with Gasteiger partial charge in [-0.1, -0.05) is 145 Å². The Labute approximate surface area is 396 Å². The fourth-order valence-electron chi connectivity index (χ4n) is 9.30. The summed E-state index contributed by atoms with van der Waals surface area (Å²) in [4.78, 5) is 41.5. The summed E-state index contributed by atoms with van der Waals surface area (Å²) in [6.07, 6.45) is 12.9. The topological polar surface area (TPSA) is 114 Å². The lowest BCUT2D eigenvalue weighted by atomic mass is 9.85. The molecule has 0 spiro atoms. The van der Waals surface area contributed by atoms with E-state index in [1.807, 2.05) is 59.3 Å². The first-order valence-corrected chi connectivity index (χ1v) is 24.2. The number of aryl methyl sites for hydroxylation is 3. The molecule has 2 amide bonds. The number of hydrogen-bond acceptors (Lipinski definition) is 6. The Bertz CT molecular complexity index is 2640. The van der Waals surface area contributed by atoms with Crippen molar-refractivity contribution in [2.24, 2.45) is 0 Å². The van der Waals surface area contributed by atoms with Gasteiger partial charge >= 0.3 is 0 Å². The molecule has 1 unspecified atom stereocenters. The van der Waals surface area contributed by atoms with E-state index in [0.717, 1.165) is 77.8 Å². The first kappa shape index (κ1) is 48.2. The molecule has 9 heteroatoms. The van der Waals surface area contributed by atoms with Crippen LogP contribution in [0.2, 0.25) is 0 Å². The van der Waals surface area contributed by atoms with Crippen LogP contribution in [0.4, 0.5) is 11.4 Å². The van der Waals surface area contributed by atoms with E-state index in [1.54, 1.807) is 42.6 Å². The molecule has 67 heavy (non-hydrogen) atoms. The van der Waals surface area contributed by atoms with Crippen LogP contribution in [0, 0.1) is 13.8 Å². The fraction of sp³-hybridized carbons (Fsp3) is 0.345. The minimum atomic E-state index is -0.754. The van der Waals surface area contributed by atoms with Crippen LogP contribution in [-0.2, 0) is 16.0 Å². The monoisotopic (exact) mass is 899 g/mol. The molecule has 1 atom stereocenters. The molecular weight excluding hydrogens is 833 g/mol. The molecular formula is C58H66N4O5. The average molecular weight is 899 g/mol. The van der Waals surface area contributed by atoms with Crippen molar-refractivity contribution in [1.29, 1.82) is 0 Å². The first-order chi connectivity index (χ1) is 32.5. The normalized spacial score (nSPS) is 15.9. The quantitative estimate of drug-likeness (QED) is 0.0459. The maximum absolute atomic E-state index is 13.4. The maximum Gasteiger partial charge on any atom is 0.300 e.